The van der Waals surface area contributed by atoms with E-state index >= 15 is 0 Å². The van der Waals surface area contributed by atoms with Crippen LogP contribution in [0.3, 0.4) is 0 Å². The van der Waals surface area contributed by atoms with Crippen LogP contribution < -0.4 is 14.2 Å². The van der Waals surface area contributed by atoms with Crippen molar-refractivity contribution in [3.8, 4) is 23.0 Å². The van der Waals surface area contributed by atoms with Crippen LogP contribution in [0.1, 0.15) is 31.2 Å². The molecule has 0 amide bonds. The van der Waals surface area contributed by atoms with Gasteiger partial charge in [0.2, 0.25) is 0 Å². The number of benzene rings is 3. The predicted molar refractivity (Wildman–Crippen MR) is 151 cm³/mol. The second kappa shape index (κ2) is 12.2. The lowest BCUT2D eigenvalue weighted by Gasteiger charge is -2.26. The van der Waals surface area contributed by atoms with Crippen molar-refractivity contribution in [1.82, 2.24) is 4.90 Å². The van der Waals surface area contributed by atoms with E-state index in [0.29, 0.717) is 18.8 Å². The van der Waals surface area contributed by atoms with Gasteiger partial charge in [-0.3, -0.25) is 4.90 Å². The molecule has 0 spiro atoms. The number of rotatable bonds is 8. The molecule has 2 aliphatic rings. The van der Waals surface area contributed by atoms with Crippen LogP contribution in [0.5, 0.6) is 23.0 Å². The number of ether oxygens (including phenoxy) is 3. The molecule has 1 saturated heterocycles. The first-order valence-electron chi connectivity index (χ1n) is 12.6. The van der Waals surface area contributed by atoms with E-state index in [1.807, 2.05) is 60.7 Å². The molecule has 8 heteroatoms. The monoisotopic (exact) mass is 543 g/mol. The van der Waals surface area contributed by atoms with E-state index in [2.05, 4.69) is 4.90 Å². The van der Waals surface area contributed by atoms with Gasteiger partial charge in [-0.25, -0.2) is 8.42 Å². The topological polar surface area (TPSA) is 65.1 Å². The predicted octanol–water partition coefficient (Wildman–Crippen LogP) is 6.13. The van der Waals surface area contributed by atoms with Gasteiger partial charge in [-0.05, 0) is 85.8 Å². The molecule has 2 aliphatic heterocycles. The van der Waals surface area contributed by atoms with Gasteiger partial charge in [0.25, 0.3) is 0 Å². The Kier molecular flexibility index (Phi) is 9.00. The minimum Gasteiger partial charge on any atom is -0.497 e. The first kappa shape index (κ1) is 27.3. The molecular formula is C29H34ClNO5S. The molecule has 0 saturated carbocycles. The summed E-state index contributed by atoms with van der Waals surface area (Å²) in [4.78, 5) is 2.46. The number of fused-ring (bicyclic) bond motifs is 1. The molecule has 0 aromatic heterocycles. The Labute approximate surface area is 225 Å². The van der Waals surface area contributed by atoms with Gasteiger partial charge >= 0.3 is 0 Å². The maximum atomic E-state index is 12.0. The van der Waals surface area contributed by atoms with Crippen molar-refractivity contribution in [2.45, 2.75) is 25.7 Å². The van der Waals surface area contributed by atoms with Crippen LogP contribution in [-0.4, -0.2) is 58.2 Å². The second-order valence-corrected chi connectivity index (χ2v) is 11.7. The molecule has 0 radical (unpaired) electrons. The Balaban J connectivity index is 0.00000320. The minimum atomic E-state index is -3.02. The third-order valence-corrected chi connectivity index (χ3v) is 8.46. The second-order valence-electron chi connectivity index (χ2n) is 9.45. The SMILES string of the molecule is COc1ccc2c(Oc3ccc(OCCN4CCCCC4)cc3)c(C3=CCS(=O)(=O)CC3)ccc2c1.Cl. The lowest BCUT2D eigenvalue weighted by molar-refractivity contribution is 0.183. The van der Waals surface area contributed by atoms with E-state index in [9.17, 15) is 8.42 Å². The molecular weight excluding hydrogens is 510 g/mol. The van der Waals surface area contributed by atoms with Crippen LogP contribution in [0.4, 0.5) is 0 Å². The van der Waals surface area contributed by atoms with Crippen molar-refractivity contribution >= 4 is 38.6 Å². The molecule has 3 aromatic carbocycles. The van der Waals surface area contributed by atoms with E-state index in [1.165, 1.54) is 19.3 Å². The smallest absolute Gasteiger partial charge is 0.154 e. The number of sulfone groups is 1. The molecule has 0 unspecified atom stereocenters. The van der Waals surface area contributed by atoms with Gasteiger partial charge in [0.1, 0.15) is 29.6 Å². The molecule has 198 valence electrons. The zero-order chi connectivity index (χ0) is 25.0. The molecule has 0 bridgehead atoms. The number of allylic oxidation sites excluding steroid dienone is 1. The third kappa shape index (κ3) is 6.78. The number of likely N-dealkylation sites (tertiary alicyclic amines) is 1. The highest BCUT2D eigenvalue weighted by Gasteiger charge is 2.21. The number of piperidine rings is 1. The minimum absolute atomic E-state index is 0. The molecule has 3 aromatic rings. The number of methoxy groups -OCH3 is 1. The lowest BCUT2D eigenvalue weighted by atomic mass is 9.97. The highest BCUT2D eigenvalue weighted by Crippen LogP contribution is 2.40. The highest BCUT2D eigenvalue weighted by atomic mass is 35.5. The van der Waals surface area contributed by atoms with Crippen molar-refractivity contribution in [2.75, 3.05) is 44.9 Å². The van der Waals surface area contributed by atoms with Crippen molar-refractivity contribution in [3.05, 3.63) is 66.2 Å². The molecule has 1 fully saturated rings. The normalized spacial score (nSPS) is 17.5. The zero-order valence-electron chi connectivity index (χ0n) is 21.1. The van der Waals surface area contributed by atoms with Gasteiger partial charge in [-0.15, -0.1) is 12.4 Å². The Morgan fingerprint density at radius 2 is 1.62 bits per heavy atom. The summed E-state index contributed by atoms with van der Waals surface area (Å²) in [6.45, 7) is 3.95. The highest BCUT2D eigenvalue weighted by molar-refractivity contribution is 7.91. The fourth-order valence-corrected chi connectivity index (χ4v) is 6.04. The molecule has 0 aliphatic carbocycles. The number of hydrogen-bond donors (Lipinski definition) is 0. The van der Waals surface area contributed by atoms with E-state index in [-0.39, 0.29) is 23.9 Å². The fourth-order valence-electron chi connectivity index (χ4n) is 4.89. The van der Waals surface area contributed by atoms with E-state index in [4.69, 9.17) is 14.2 Å². The van der Waals surface area contributed by atoms with Gasteiger partial charge in [-0.2, -0.15) is 0 Å². The first-order chi connectivity index (χ1) is 17.5. The van der Waals surface area contributed by atoms with Crippen LogP contribution in [0.15, 0.2) is 60.7 Å². The Morgan fingerprint density at radius 1 is 0.892 bits per heavy atom. The van der Waals surface area contributed by atoms with Crippen LogP contribution in [-0.2, 0) is 9.84 Å². The van der Waals surface area contributed by atoms with E-state index < -0.39 is 9.84 Å². The quantitative estimate of drug-likeness (QED) is 0.340. The number of nitrogens with zero attached hydrogens (tertiary/aromatic N) is 1. The Bertz CT molecular complexity index is 1350. The maximum Gasteiger partial charge on any atom is 0.154 e. The summed E-state index contributed by atoms with van der Waals surface area (Å²) in [6, 6.07) is 17.6. The molecule has 5 rings (SSSR count). The zero-order valence-corrected chi connectivity index (χ0v) is 22.8. The maximum absolute atomic E-state index is 12.0. The summed E-state index contributed by atoms with van der Waals surface area (Å²) in [7, 11) is -1.37. The van der Waals surface area contributed by atoms with Gasteiger partial charge in [0.15, 0.2) is 9.84 Å². The van der Waals surface area contributed by atoms with Crippen molar-refractivity contribution < 1.29 is 22.6 Å². The Morgan fingerprint density at radius 3 is 2.32 bits per heavy atom. The molecule has 0 atom stereocenters. The van der Waals surface area contributed by atoms with Gasteiger partial charge in [-0.1, -0.05) is 24.6 Å². The van der Waals surface area contributed by atoms with E-state index in [0.717, 1.165) is 58.8 Å². The van der Waals surface area contributed by atoms with Crippen molar-refractivity contribution in [2.24, 2.45) is 0 Å². The number of halogens is 1. The van der Waals surface area contributed by atoms with Crippen LogP contribution in [0, 0.1) is 0 Å². The molecule has 0 N–H and O–H groups in total. The standard InChI is InChI=1S/C29H33NO5S.ClH/c1-33-26-10-12-28-23(21-26)5-11-27(22-13-19-36(31,32)20-14-22)29(28)35-25-8-6-24(7-9-25)34-18-17-30-15-3-2-4-16-30;/h5-13,21H,2-4,14-20H2,1H3;1H. The summed E-state index contributed by atoms with van der Waals surface area (Å²) < 4.78 is 41.8. The van der Waals surface area contributed by atoms with Crippen LogP contribution in [0.2, 0.25) is 0 Å². The molecule has 37 heavy (non-hydrogen) atoms. The number of hydrogen-bond acceptors (Lipinski definition) is 6. The van der Waals surface area contributed by atoms with E-state index in [1.54, 1.807) is 7.11 Å². The lowest BCUT2D eigenvalue weighted by Crippen LogP contribution is -2.33. The summed E-state index contributed by atoms with van der Waals surface area (Å²) >= 11 is 0. The van der Waals surface area contributed by atoms with Crippen LogP contribution >= 0.6 is 12.4 Å². The summed E-state index contributed by atoms with van der Waals surface area (Å²) in [5.41, 5.74) is 1.92. The van der Waals surface area contributed by atoms with Crippen molar-refractivity contribution in [3.63, 3.8) is 0 Å². The summed E-state index contributed by atoms with van der Waals surface area (Å²) in [6.07, 6.45) is 6.18. The van der Waals surface area contributed by atoms with Gasteiger partial charge in [0, 0.05) is 17.5 Å². The summed E-state index contributed by atoms with van der Waals surface area (Å²) in [5, 5.41) is 1.94. The average Bonchev–Trinajstić information content (AvgIpc) is 2.90. The Hall–Kier alpha value is -2.74. The van der Waals surface area contributed by atoms with Gasteiger partial charge in [0.05, 0.1) is 18.6 Å². The largest absolute Gasteiger partial charge is 0.497 e. The van der Waals surface area contributed by atoms with Crippen LogP contribution in [0.25, 0.3) is 16.3 Å². The third-order valence-electron chi connectivity index (χ3n) is 6.96. The summed E-state index contributed by atoms with van der Waals surface area (Å²) in [5.74, 6) is 3.23. The molecule has 2 heterocycles. The first-order valence-corrected chi connectivity index (χ1v) is 14.5. The average molecular weight is 544 g/mol. The fraction of sp³-hybridized carbons (Fsp3) is 0.379. The van der Waals surface area contributed by atoms with Gasteiger partial charge < -0.3 is 14.2 Å². The molecule has 6 nitrogen and oxygen atoms in total. The van der Waals surface area contributed by atoms with Crippen molar-refractivity contribution in [1.29, 1.82) is 0 Å².